The molecule has 0 radical (unpaired) electrons. The average Bonchev–Trinajstić information content (AvgIpc) is 2.95. The Morgan fingerprint density at radius 2 is 2.05 bits per heavy atom. The normalized spacial score (nSPS) is 11.8. The minimum atomic E-state index is -0.691. The molecule has 1 heterocycles. The Balaban J connectivity index is 1.98. The van der Waals surface area contributed by atoms with Crippen molar-refractivity contribution in [1.29, 1.82) is 0 Å². The summed E-state index contributed by atoms with van der Waals surface area (Å²) in [4.78, 5) is 24.4. The lowest BCUT2D eigenvalue weighted by molar-refractivity contribution is -0.117. The van der Waals surface area contributed by atoms with Crippen molar-refractivity contribution in [3.63, 3.8) is 0 Å². The van der Waals surface area contributed by atoms with Gasteiger partial charge in [0.2, 0.25) is 5.91 Å². The smallest absolute Gasteiger partial charge is 0.261 e. The summed E-state index contributed by atoms with van der Waals surface area (Å²) >= 11 is 1.31. The molecular formula is C15H15FN2O2S. The second-order valence-corrected chi connectivity index (χ2v) is 5.57. The molecule has 21 heavy (non-hydrogen) atoms. The Labute approximate surface area is 126 Å². The van der Waals surface area contributed by atoms with Gasteiger partial charge in [0.25, 0.3) is 5.91 Å². The standard InChI is InChI=1S/C15H15FN2O2S/c1-9-8-11(16)5-6-12(9)18-14(19)10(2)17-15(20)13-4-3-7-21-13/h3-8,10H,1-2H3,(H,17,20)(H,18,19)/t10-/m0/s1. The van der Waals surface area contributed by atoms with E-state index in [9.17, 15) is 14.0 Å². The molecule has 1 atom stereocenters. The van der Waals surface area contributed by atoms with Crippen molar-refractivity contribution in [2.24, 2.45) is 0 Å². The van der Waals surface area contributed by atoms with E-state index in [2.05, 4.69) is 10.6 Å². The SMILES string of the molecule is Cc1cc(F)ccc1NC(=O)[C@H](C)NC(=O)c1cccs1. The number of halogens is 1. The molecule has 0 saturated carbocycles. The molecule has 2 amide bonds. The van der Waals surface area contributed by atoms with Crippen molar-refractivity contribution < 1.29 is 14.0 Å². The van der Waals surface area contributed by atoms with Gasteiger partial charge in [-0.1, -0.05) is 6.07 Å². The van der Waals surface area contributed by atoms with Crippen LogP contribution in [0.3, 0.4) is 0 Å². The largest absolute Gasteiger partial charge is 0.340 e. The summed E-state index contributed by atoms with van der Waals surface area (Å²) in [6, 6.07) is 6.88. The number of thiophene rings is 1. The van der Waals surface area contributed by atoms with Gasteiger partial charge in [0.05, 0.1) is 4.88 Å². The molecule has 2 aromatic rings. The van der Waals surface area contributed by atoms with E-state index in [0.717, 1.165) is 0 Å². The van der Waals surface area contributed by atoms with Gasteiger partial charge in [-0.25, -0.2) is 4.39 Å². The molecule has 2 N–H and O–H groups in total. The number of rotatable bonds is 4. The van der Waals surface area contributed by atoms with Gasteiger partial charge in [0, 0.05) is 5.69 Å². The van der Waals surface area contributed by atoms with Crippen LogP contribution in [0.5, 0.6) is 0 Å². The van der Waals surface area contributed by atoms with Crippen LogP contribution < -0.4 is 10.6 Å². The van der Waals surface area contributed by atoms with Gasteiger partial charge in [-0.3, -0.25) is 9.59 Å². The molecule has 6 heteroatoms. The Morgan fingerprint density at radius 3 is 2.67 bits per heavy atom. The lowest BCUT2D eigenvalue weighted by Gasteiger charge is -2.15. The first-order chi connectivity index (χ1) is 9.97. The first kappa shape index (κ1) is 15.2. The first-order valence-corrected chi connectivity index (χ1v) is 7.26. The van der Waals surface area contributed by atoms with E-state index in [1.165, 1.54) is 29.5 Å². The van der Waals surface area contributed by atoms with E-state index in [1.807, 2.05) is 0 Å². The fraction of sp³-hybridized carbons (Fsp3) is 0.200. The number of hydrogen-bond donors (Lipinski definition) is 2. The lowest BCUT2D eigenvalue weighted by atomic mass is 10.2. The maximum atomic E-state index is 13.0. The summed E-state index contributed by atoms with van der Waals surface area (Å²) < 4.78 is 13.0. The highest BCUT2D eigenvalue weighted by Gasteiger charge is 2.17. The van der Waals surface area contributed by atoms with Crippen LogP contribution in [-0.4, -0.2) is 17.9 Å². The van der Waals surface area contributed by atoms with Crippen molar-refractivity contribution in [2.75, 3.05) is 5.32 Å². The molecular weight excluding hydrogens is 291 g/mol. The first-order valence-electron chi connectivity index (χ1n) is 6.39. The number of anilines is 1. The molecule has 0 bridgehead atoms. The van der Waals surface area contributed by atoms with Crippen LogP contribution in [-0.2, 0) is 4.79 Å². The fourth-order valence-corrected chi connectivity index (χ4v) is 2.38. The molecule has 1 aromatic heterocycles. The van der Waals surface area contributed by atoms with Crippen LogP contribution in [0.1, 0.15) is 22.2 Å². The van der Waals surface area contributed by atoms with Crippen LogP contribution in [0.15, 0.2) is 35.7 Å². The van der Waals surface area contributed by atoms with E-state index in [1.54, 1.807) is 31.4 Å². The van der Waals surface area contributed by atoms with Gasteiger partial charge >= 0.3 is 0 Å². The third-order valence-corrected chi connectivity index (χ3v) is 3.80. The fourth-order valence-electron chi connectivity index (χ4n) is 1.75. The molecule has 4 nitrogen and oxygen atoms in total. The molecule has 110 valence electrons. The number of amides is 2. The molecule has 2 rings (SSSR count). The molecule has 0 aliphatic carbocycles. The number of carbonyl (C=O) groups excluding carboxylic acids is 2. The van der Waals surface area contributed by atoms with Crippen LogP contribution in [0.2, 0.25) is 0 Å². The number of hydrogen-bond acceptors (Lipinski definition) is 3. The summed E-state index contributed by atoms with van der Waals surface area (Å²) in [5.74, 6) is -0.998. The molecule has 1 aromatic carbocycles. The predicted octanol–water partition coefficient (Wildman–Crippen LogP) is 2.95. The number of carbonyl (C=O) groups is 2. The quantitative estimate of drug-likeness (QED) is 0.912. The second-order valence-electron chi connectivity index (χ2n) is 4.62. The van der Waals surface area contributed by atoms with Crippen molar-refractivity contribution in [3.05, 3.63) is 52.0 Å². The molecule has 0 fully saturated rings. The Kier molecular flexibility index (Phi) is 4.70. The second kappa shape index (κ2) is 6.49. The Bertz CT molecular complexity index is 656. The van der Waals surface area contributed by atoms with E-state index >= 15 is 0 Å². The van der Waals surface area contributed by atoms with Crippen LogP contribution in [0.4, 0.5) is 10.1 Å². The van der Waals surface area contributed by atoms with Crippen LogP contribution >= 0.6 is 11.3 Å². The number of benzene rings is 1. The third kappa shape index (κ3) is 3.88. The topological polar surface area (TPSA) is 58.2 Å². The monoisotopic (exact) mass is 306 g/mol. The van der Waals surface area contributed by atoms with E-state index in [-0.39, 0.29) is 17.6 Å². The van der Waals surface area contributed by atoms with Crippen molar-refractivity contribution in [2.45, 2.75) is 19.9 Å². The summed E-state index contributed by atoms with van der Waals surface area (Å²) in [6.45, 7) is 3.30. The van der Waals surface area contributed by atoms with Crippen molar-refractivity contribution in [3.8, 4) is 0 Å². The molecule has 0 spiro atoms. The highest BCUT2D eigenvalue weighted by molar-refractivity contribution is 7.12. The van der Waals surface area contributed by atoms with E-state index < -0.39 is 6.04 Å². The summed E-state index contributed by atoms with van der Waals surface area (Å²) in [6.07, 6.45) is 0. The Morgan fingerprint density at radius 1 is 1.29 bits per heavy atom. The third-order valence-electron chi connectivity index (χ3n) is 2.93. The lowest BCUT2D eigenvalue weighted by Crippen LogP contribution is -2.41. The van der Waals surface area contributed by atoms with Gasteiger partial charge in [-0.05, 0) is 49.1 Å². The minimum Gasteiger partial charge on any atom is -0.340 e. The Hall–Kier alpha value is -2.21. The van der Waals surface area contributed by atoms with Gasteiger partial charge in [0.15, 0.2) is 0 Å². The average molecular weight is 306 g/mol. The van der Waals surface area contributed by atoms with Gasteiger partial charge < -0.3 is 10.6 Å². The summed E-state index contributed by atoms with van der Waals surface area (Å²) in [7, 11) is 0. The zero-order valence-electron chi connectivity index (χ0n) is 11.6. The number of nitrogens with one attached hydrogen (secondary N) is 2. The predicted molar refractivity (Wildman–Crippen MR) is 81.0 cm³/mol. The van der Waals surface area contributed by atoms with Gasteiger partial charge in [-0.15, -0.1) is 11.3 Å². The number of aryl methyl sites for hydroxylation is 1. The van der Waals surface area contributed by atoms with Crippen LogP contribution in [0, 0.1) is 12.7 Å². The van der Waals surface area contributed by atoms with Crippen LogP contribution in [0.25, 0.3) is 0 Å². The highest BCUT2D eigenvalue weighted by Crippen LogP contribution is 2.16. The van der Waals surface area contributed by atoms with E-state index in [0.29, 0.717) is 16.1 Å². The van der Waals surface area contributed by atoms with Crippen molar-refractivity contribution >= 4 is 28.8 Å². The minimum absolute atomic E-state index is 0.288. The summed E-state index contributed by atoms with van der Waals surface area (Å²) in [5.41, 5.74) is 1.15. The molecule has 0 saturated heterocycles. The maximum Gasteiger partial charge on any atom is 0.261 e. The molecule has 0 aliphatic heterocycles. The molecule has 0 aliphatic rings. The van der Waals surface area contributed by atoms with E-state index in [4.69, 9.17) is 0 Å². The zero-order chi connectivity index (χ0) is 15.4. The highest BCUT2D eigenvalue weighted by atomic mass is 32.1. The van der Waals surface area contributed by atoms with Gasteiger partial charge in [-0.2, -0.15) is 0 Å². The summed E-state index contributed by atoms with van der Waals surface area (Å²) in [5, 5.41) is 7.08. The van der Waals surface area contributed by atoms with Crippen molar-refractivity contribution in [1.82, 2.24) is 5.32 Å². The maximum absolute atomic E-state index is 13.0. The molecule has 0 unspecified atom stereocenters. The van der Waals surface area contributed by atoms with Gasteiger partial charge in [0.1, 0.15) is 11.9 Å². The zero-order valence-corrected chi connectivity index (χ0v) is 12.5.